The zero-order valence-corrected chi connectivity index (χ0v) is 12.7. The van der Waals surface area contributed by atoms with E-state index in [1.165, 1.54) is 28.2 Å². The van der Waals surface area contributed by atoms with Crippen molar-refractivity contribution < 1.29 is 0 Å². The molecular weight excluding hydrogens is 254 g/mol. The number of nitrogens with zero attached hydrogens (tertiary/aromatic N) is 1. The second-order valence-electron chi connectivity index (χ2n) is 5.68. The fraction of sp³-hybridized carbons (Fsp3) is 0.200. The summed E-state index contributed by atoms with van der Waals surface area (Å²) in [6.45, 7) is 4.33. The van der Waals surface area contributed by atoms with Gasteiger partial charge in [0.15, 0.2) is 0 Å². The maximum Gasteiger partial charge on any atom is 0.0458 e. The second-order valence-corrected chi connectivity index (χ2v) is 5.68. The van der Waals surface area contributed by atoms with Crippen LogP contribution < -0.4 is 4.90 Å². The number of anilines is 2. The molecule has 0 spiro atoms. The Morgan fingerprint density at radius 3 is 2.00 bits per heavy atom. The van der Waals surface area contributed by atoms with Crippen molar-refractivity contribution in [3.63, 3.8) is 0 Å². The van der Waals surface area contributed by atoms with Gasteiger partial charge < -0.3 is 4.90 Å². The van der Waals surface area contributed by atoms with E-state index in [-0.39, 0.29) is 0 Å². The third kappa shape index (κ3) is 3.08. The summed E-state index contributed by atoms with van der Waals surface area (Å²) in [6.07, 6.45) is 6.72. The maximum absolute atomic E-state index is 2.36. The first-order chi connectivity index (χ1) is 10.2. The molecule has 0 N–H and O–H groups in total. The summed E-state index contributed by atoms with van der Waals surface area (Å²) in [7, 11) is 0. The Balaban J connectivity index is 2.05. The predicted molar refractivity (Wildman–Crippen MR) is 90.8 cm³/mol. The summed E-state index contributed by atoms with van der Waals surface area (Å²) in [5.74, 6) is 0. The molecule has 0 bridgehead atoms. The highest BCUT2D eigenvalue weighted by Gasteiger charge is 2.15. The third-order valence-electron chi connectivity index (χ3n) is 3.93. The summed E-state index contributed by atoms with van der Waals surface area (Å²) in [6, 6.07) is 19.4. The van der Waals surface area contributed by atoms with Gasteiger partial charge in [-0.2, -0.15) is 0 Å². The van der Waals surface area contributed by atoms with Crippen LogP contribution in [-0.2, 0) is 0 Å². The Bertz CT molecular complexity index is 663. The van der Waals surface area contributed by atoms with E-state index >= 15 is 0 Å². The van der Waals surface area contributed by atoms with Gasteiger partial charge in [0, 0.05) is 17.1 Å². The second kappa shape index (κ2) is 6.01. The minimum atomic E-state index is 1.09. The van der Waals surface area contributed by atoms with Crippen molar-refractivity contribution >= 4 is 11.4 Å². The van der Waals surface area contributed by atoms with E-state index in [1.807, 2.05) is 0 Å². The molecule has 0 heterocycles. The molecule has 0 amide bonds. The molecule has 0 aliphatic heterocycles. The lowest BCUT2D eigenvalue weighted by Crippen LogP contribution is -2.17. The molecule has 0 fully saturated rings. The summed E-state index contributed by atoms with van der Waals surface area (Å²) >= 11 is 0. The fourth-order valence-corrected chi connectivity index (χ4v) is 2.67. The highest BCUT2D eigenvalue weighted by molar-refractivity contribution is 5.69. The standard InChI is InChI=1S/C20H21N/c1-16-8-12-19(13-9-16)21(18-6-4-3-5-7-18)20-14-10-17(2)11-15-20/h3-10,12-14H,11,15H2,1-2H3. The van der Waals surface area contributed by atoms with Gasteiger partial charge in [-0.05, 0) is 57.0 Å². The molecule has 0 atom stereocenters. The van der Waals surface area contributed by atoms with Crippen LogP contribution in [0.25, 0.3) is 0 Å². The molecule has 0 saturated carbocycles. The van der Waals surface area contributed by atoms with Crippen molar-refractivity contribution in [1.82, 2.24) is 0 Å². The monoisotopic (exact) mass is 275 g/mol. The van der Waals surface area contributed by atoms with Crippen LogP contribution in [0.3, 0.4) is 0 Å². The van der Waals surface area contributed by atoms with Crippen LogP contribution in [-0.4, -0.2) is 0 Å². The average molecular weight is 275 g/mol. The first-order valence-electron chi connectivity index (χ1n) is 7.52. The minimum Gasteiger partial charge on any atom is -0.314 e. The molecule has 106 valence electrons. The average Bonchev–Trinajstić information content (AvgIpc) is 2.52. The van der Waals surface area contributed by atoms with Crippen LogP contribution in [0.5, 0.6) is 0 Å². The highest BCUT2D eigenvalue weighted by atomic mass is 15.1. The van der Waals surface area contributed by atoms with Gasteiger partial charge in [-0.1, -0.05) is 47.5 Å². The highest BCUT2D eigenvalue weighted by Crippen LogP contribution is 2.33. The molecular formula is C20H21N. The smallest absolute Gasteiger partial charge is 0.0458 e. The van der Waals surface area contributed by atoms with Crippen LogP contribution in [0.4, 0.5) is 11.4 Å². The molecule has 2 aromatic rings. The number of rotatable bonds is 3. The van der Waals surface area contributed by atoms with E-state index in [4.69, 9.17) is 0 Å². The molecule has 21 heavy (non-hydrogen) atoms. The lowest BCUT2D eigenvalue weighted by Gasteiger charge is -2.29. The SMILES string of the molecule is CC1=CC=C(N(c2ccccc2)c2ccc(C)cc2)CC1. The Hall–Kier alpha value is -2.28. The van der Waals surface area contributed by atoms with Crippen molar-refractivity contribution in [3.05, 3.63) is 83.6 Å². The third-order valence-corrected chi connectivity index (χ3v) is 3.93. The summed E-state index contributed by atoms with van der Waals surface area (Å²) in [4.78, 5) is 2.36. The van der Waals surface area contributed by atoms with E-state index in [0.717, 1.165) is 12.8 Å². The first kappa shape index (κ1) is 13.7. The van der Waals surface area contributed by atoms with Crippen molar-refractivity contribution in [3.8, 4) is 0 Å². The van der Waals surface area contributed by atoms with Crippen molar-refractivity contribution in [2.45, 2.75) is 26.7 Å². The van der Waals surface area contributed by atoms with Crippen molar-refractivity contribution in [2.24, 2.45) is 0 Å². The van der Waals surface area contributed by atoms with Gasteiger partial charge in [0.1, 0.15) is 0 Å². The number of hydrogen-bond donors (Lipinski definition) is 0. The molecule has 3 rings (SSSR count). The van der Waals surface area contributed by atoms with Crippen molar-refractivity contribution in [2.75, 3.05) is 4.90 Å². The van der Waals surface area contributed by atoms with Crippen LogP contribution >= 0.6 is 0 Å². The molecule has 0 radical (unpaired) electrons. The predicted octanol–water partition coefficient (Wildman–Crippen LogP) is 5.76. The lowest BCUT2D eigenvalue weighted by atomic mass is 10.0. The Morgan fingerprint density at radius 1 is 0.714 bits per heavy atom. The molecule has 0 unspecified atom stereocenters. The molecule has 0 saturated heterocycles. The van der Waals surface area contributed by atoms with Crippen LogP contribution in [0.15, 0.2) is 78.0 Å². The number of benzene rings is 2. The number of hydrogen-bond acceptors (Lipinski definition) is 1. The van der Waals surface area contributed by atoms with Crippen LogP contribution in [0, 0.1) is 6.92 Å². The molecule has 1 aliphatic carbocycles. The van der Waals surface area contributed by atoms with E-state index in [9.17, 15) is 0 Å². The van der Waals surface area contributed by atoms with Crippen LogP contribution in [0.1, 0.15) is 25.3 Å². The topological polar surface area (TPSA) is 3.24 Å². The zero-order chi connectivity index (χ0) is 14.7. The molecule has 0 aromatic heterocycles. The van der Waals surface area contributed by atoms with E-state index in [2.05, 4.69) is 85.5 Å². The lowest BCUT2D eigenvalue weighted by molar-refractivity contribution is 0.874. The van der Waals surface area contributed by atoms with Gasteiger partial charge in [-0.3, -0.25) is 0 Å². The quantitative estimate of drug-likeness (QED) is 0.688. The van der Waals surface area contributed by atoms with Crippen LogP contribution in [0.2, 0.25) is 0 Å². The molecule has 1 nitrogen and oxygen atoms in total. The van der Waals surface area contributed by atoms with E-state index in [0.29, 0.717) is 0 Å². The zero-order valence-electron chi connectivity index (χ0n) is 12.7. The molecule has 1 heteroatoms. The first-order valence-corrected chi connectivity index (χ1v) is 7.52. The summed E-state index contributed by atoms with van der Waals surface area (Å²) in [5, 5.41) is 0. The summed E-state index contributed by atoms with van der Waals surface area (Å²) in [5.41, 5.74) is 6.55. The Morgan fingerprint density at radius 2 is 1.38 bits per heavy atom. The fourth-order valence-electron chi connectivity index (χ4n) is 2.67. The van der Waals surface area contributed by atoms with Gasteiger partial charge in [0.2, 0.25) is 0 Å². The molecule has 1 aliphatic rings. The Labute approximate surface area is 127 Å². The molecule has 2 aromatic carbocycles. The number of aryl methyl sites for hydroxylation is 1. The largest absolute Gasteiger partial charge is 0.314 e. The minimum absolute atomic E-state index is 1.09. The van der Waals surface area contributed by atoms with Gasteiger partial charge in [0.25, 0.3) is 0 Å². The van der Waals surface area contributed by atoms with Gasteiger partial charge in [-0.15, -0.1) is 0 Å². The van der Waals surface area contributed by atoms with Gasteiger partial charge in [-0.25, -0.2) is 0 Å². The van der Waals surface area contributed by atoms with E-state index < -0.39 is 0 Å². The number of para-hydroxylation sites is 1. The maximum atomic E-state index is 2.36. The van der Waals surface area contributed by atoms with Gasteiger partial charge in [0.05, 0.1) is 0 Å². The van der Waals surface area contributed by atoms with E-state index in [1.54, 1.807) is 0 Å². The normalized spacial score (nSPS) is 14.4. The summed E-state index contributed by atoms with van der Waals surface area (Å²) < 4.78 is 0. The van der Waals surface area contributed by atoms with Gasteiger partial charge >= 0.3 is 0 Å². The Kier molecular flexibility index (Phi) is 3.92. The number of allylic oxidation sites excluding steroid dienone is 4. The van der Waals surface area contributed by atoms with Crippen molar-refractivity contribution in [1.29, 1.82) is 0 Å².